The minimum absolute atomic E-state index is 0.0983. The molecule has 0 bridgehead atoms. The van der Waals surface area contributed by atoms with E-state index in [9.17, 15) is 0 Å². The van der Waals surface area contributed by atoms with Crippen LogP contribution in [0.25, 0.3) is 0 Å². The summed E-state index contributed by atoms with van der Waals surface area (Å²) < 4.78 is 0. The Labute approximate surface area is 117 Å². The smallest absolute Gasteiger partial charge is 0.0282 e. The first kappa shape index (κ1) is 14.5. The van der Waals surface area contributed by atoms with Crippen LogP contribution in [0, 0.1) is 0 Å². The molecule has 1 aromatic rings. The normalized spacial score (nSPS) is 17.5. The van der Waals surface area contributed by atoms with Crippen molar-refractivity contribution in [3.63, 3.8) is 0 Å². The van der Waals surface area contributed by atoms with Gasteiger partial charge in [0.1, 0.15) is 0 Å². The van der Waals surface area contributed by atoms with Crippen molar-refractivity contribution in [2.45, 2.75) is 57.4 Å². The van der Waals surface area contributed by atoms with E-state index < -0.39 is 0 Å². The van der Waals surface area contributed by atoms with Gasteiger partial charge in [-0.05, 0) is 30.4 Å². The van der Waals surface area contributed by atoms with Crippen LogP contribution in [0.1, 0.15) is 51.2 Å². The van der Waals surface area contributed by atoms with Crippen LogP contribution < -0.4 is 11.1 Å². The van der Waals surface area contributed by atoms with Crippen molar-refractivity contribution in [1.29, 1.82) is 0 Å². The first-order chi connectivity index (χ1) is 8.95. The van der Waals surface area contributed by atoms with Crippen LogP contribution in [0.4, 0.5) is 0 Å². The highest BCUT2D eigenvalue weighted by Crippen LogP contribution is 2.31. The van der Waals surface area contributed by atoms with Gasteiger partial charge >= 0.3 is 0 Å². The number of hydrogen-bond acceptors (Lipinski definition) is 2. The second-order valence-electron chi connectivity index (χ2n) is 6.80. The monoisotopic (exact) mass is 260 g/mol. The van der Waals surface area contributed by atoms with Gasteiger partial charge in [-0.3, -0.25) is 0 Å². The number of nitrogens with two attached hydrogens (primary N) is 1. The fraction of sp³-hybridized carbons (Fsp3) is 0.647. The van der Waals surface area contributed by atoms with Crippen molar-refractivity contribution in [3.8, 4) is 0 Å². The fourth-order valence-corrected chi connectivity index (χ4v) is 2.47. The number of aryl methyl sites for hydroxylation is 1. The van der Waals surface area contributed by atoms with E-state index in [0.29, 0.717) is 0 Å². The van der Waals surface area contributed by atoms with E-state index in [4.69, 9.17) is 5.73 Å². The van der Waals surface area contributed by atoms with Crippen LogP contribution in [0.5, 0.6) is 0 Å². The lowest BCUT2D eigenvalue weighted by molar-refractivity contribution is 0.448. The Morgan fingerprint density at radius 3 is 2.37 bits per heavy atom. The third-order valence-corrected chi connectivity index (χ3v) is 4.21. The molecule has 0 unspecified atom stereocenters. The largest absolute Gasteiger partial charge is 0.324 e. The van der Waals surface area contributed by atoms with E-state index in [-0.39, 0.29) is 11.0 Å². The second-order valence-corrected chi connectivity index (χ2v) is 6.80. The van der Waals surface area contributed by atoms with Crippen molar-refractivity contribution in [2.75, 3.05) is 13.1 Å². The maximum absolute atomic E-state index is 6.11. The van der Waals surface area contributed by atoms with Gasteiger partial charge in [0.25, 0.3) is 0 Å². The summed E-state index contributed by atoms with van der Waals surface area (Å²) in [6.45, 7) is 8.75. The molecule has 2 heteroatoms. The van der Waals surface area contributed by atoms with Crippen molar-refractivity contribution in [2.24, 2.45) is 5.73 Å². The zero-order chi connectivity index (χ0) is 13.9. The number of rotatable bonds is 7. The standard InChI is InChI=1S/C17H28N2/c1-4-5-14-6-8-15(9-7-14)16(2,3)12-19-13-17(18)10-11-17/h6-9,19H,4-5,10-13,18H2,1-3H3. The Kier molecular flexibility index (Phi) is 4.32. The molecule has 0 spiro atoms. The van der Waals surface area contributed by atoms with Crippen LogP contribution in [0.15, 0.2) is 24.3 Å². The molecule has 2 nitrogen and oxygen atoms in total. The maximum Gasteiger partial charge on any atom is 0.0282 e. The van der Waals surface area contributed by atoms with Crippen LogP contribution in [0.2, 0.25) is 0 Å². The average Bonchev–Trinajstić information content (AvgIpc) is 3.08. The molecule has 0 aromatic heterocycles. The summed E-state index contributed by atoms with van der Waals surface area (Å²) in [6, 6.07) is 9.10. The summed E-state index contributed by atoms with van der Waals surface area (Å²) in [5.41, 5.74) is 9.21. The Bertz CT molecular complexity index is 402. The summed E-state index contributed by atoms with van der Waals surface area (Å²) in [6.07, 6.45) is 4.73. The highest BCUT2D eigenvalue weighted by atomic mass is 15.0. The summed E-state index contributed by atoms with van der Waals surface area (Å²) >= 11 is 0. The summed E-state index contributed by atoms with van der Waals surface area (Å²) in [5.74, 6) is 0. The zero-order valence-corrected chi connectivity index (χ0v) is 12.6. The van der Waals surface area contributed by atoms with Crippen molar-refractivity contribution in [3.05, 3.63) is 35.4 Å². The zero-order valence-electron chi connectivity index (χ0n) is 12.6. The highest BCUT2D eigenvalue weighted by molar-refractivity contribution is 5.28. The molecule has 0 radical (unpaired) electrons. The first-order valence-corrected chi connectivity index (χ1v) is 7.54. The number of benzene rings is 1. The number of hydrogen-bond donors (Lipinski definition) is 2. The predicted octanol–water partition coefficient (Wildman–Crippen LogP) is 3.00. The van der Waals surface area contributed by atoms with E-state index in [1.165, 1.54) is 36.8 Å². The molecule has 106 valence electrons. The van der Waals surface area contributed by atoms with E-state index in [1.807, 2.05) is 0 Å². The third-order valence-electron chi connectivity index (χ3n) is 4.21. The molecule has 19 heavy (non-hydrogen) atoms. The quantitative estimate of drug-likeness (QED) is 0.791. The average molecular weight is 260 g/mol. The Hall–Kier alpha value is -0.860. The molecule has 1 aromatic carbocycles. The Morgan fingerprint density at radius 1 is 1.21 bits per heavy atom. The van der Waals surface area contributed by atoms with Crippen molar-refractivity contribution < 1.29 is 0 Å². The van der Waals surface area contributed by atoms with Crippen LogP contribution in [0.3, 0.4) is 0 Å². The van der Waals surface area contributed by atoms with E-state index in [1.54, 1.807) is 0 Å². The van der Waals surface area contributed by atoms with Gasteiger partial charge in [-0.25, -0.2) is 0 Å². The first-order valence-electron chi connectivity index (χ1n) is 7.54. The molecule has 0 atom stereocenters. The number of nitrogens with one attached hydrogen (secondary N) is 1. The van der Waals surface area contributed by atoms with E-state index >= 15 is 0 Å². The van der Waals surface area contributed by atoms with Gasteiger partial charge in [0.05, 0.1) is 0 Å². The van der Waals surface area contributed by atoms with Crippen LogP contribution in [-0.4, -0.2) is 18.6 Å². The molecule has 1 fully saturated rings. The van der Waals surface area contributed by atoms with E-state index in [2.05, 4.69) is 50.4 Å². The van der Waals surface area contributed by atoms with Gasteiger partial charge in [0, 0.05) is 24.0 Å². The van der Waals surface area contributed by atoms with Crippen molar-refractivity contribution >= 4 is 0 Å². The van der Waals surface area contributed by atoms with Crippen molar-refractivity contribution in [1.82, 2.24) is 5.32 Å². The van der Waals surface area contributed by atoms with Gasteiger partial charge in [0.2, 0.25) is 0 Å². The van der Waals surface area contributed by atoms with E-state index in [0.717, 1.165) is 13.1 Å². The molecule has 1 aliphatic rings. The van der Waals surface area contributed by atoms with Gasteiger partial charge in [-0.1, -0.05) is 51.5 Å². The Balaban J connectivity index is 1.89. The fourth-order valence-electron chi connectivity index (χ4n) is 2.47. The molecule has 2 rings (SSSR count). The third kappa shape index (κ3) is 4.05. The molecule has 1 aliphatic carbocycles. The van der Waals surface area contributed by atoms with Gasteiger partial charge in [-0.2, -0.15) is 0 Å². The van der Waals surface area contributed by atoms with Gasteiger partial charge in [0.15, 0.2) is 0 Å². The Morgan fingerprint density at radius 2 is 1.84 bits per heavy atom. The molecule has 0 aliphatic heterocycles. The lowest BCUT2D eigenvalue weighted by atomic mass is 9.84. The molecular weight excluding hydrogens is 232 g/mol. The molecule has 0 saturated heterocycles. The minimum Gasteiger partial charge on any atom is -0.324 e. The van der Waals surface area contributed by atoms with Gasteiger partial charge < -0.3 is 11.1 Å². The predicted molar refractivity (Wildman–Crippen MR) is 82.5 cm³/mol. The molecule has 0 heterocycles. The van der Waals surface area contributed by atoms with Crippen LogP contribution in [-0.2, 0) is 11.8 Å². The summed E-state index contributed by atoms with van der Waals surface area (Å²) in [4.78, 5) is 0. The SMILES string of the molecule is CCCc1ccc(C(C)(C)CNCC2(N)CC2)cc1. The minimum atomic E-state index is 0.0983. The van der Waals surface area contributed by atoms with Gasteiger partial charge in [-0.15, -0.1) is 0 Å². The lowest BCUT2D eigenvalue weighted by Crippen LogP contribution is -2.41. The highest BCUT2D eigenvalue weighted by Gasteiger charge is 2.37. The van der Waals surface area contributed by atoms with Crippen LogP contribution >= 0.6 is 0 Å². The second kappa shape index (κ2) is 5.64. The molecule has 1 saturated carbocycles. The lowest BCUT2D eigenvalue weighted by Gasteiger charge is -2.27. The summed E-state index contributed by atoms with van der Waals surface area (Å²) in [7, 11) is 0. The topological polar surface area (TPSA) is 38.0 Å². The molecule has 0 amide bonds. The molecular formula is C17H28N2. The summed E-state index contributed by atoms with van der Waals surface area (Å²) in [5, 5.41) is 3.54. The molecule has 3 N–H and O–H groups in total. The maximum atomic E-state index is 6.11.